The molecule has 0 saturated heterocycles. The van der Waals surface area contributed by atoms with Gasteiger partial charge in [0.2, 0.25) is 0 Å². The number of nitrogen functional groups attached to an aromatic ring is 1. The number of halogens is 1. The van der Waals surface area contributed by atoms with E-state index in [0.717, 1.165) is 15.8 Å². The Balaban J connectivity index is 1.83. The fraction of sp³-hybridized carbons (Fsp3) is 0.208. The van der Waals surface area contributed by atoms with Gasteiger partial charge in [0.1, 0.15) is 11.7 Å². The number of nitrogens with one attached hydrogen (secondary N) is 2. The second-order valence-electron chi connectivity index (χ2n) is 7.74. The van der Waals surface area contributed by atoms with E-state index in [0.29, 0.717) is 24.2 Å². The minimum Gasteiger partial charge on any atom is -0.491 e. The number of benzene rings is 2. The van der Waals surface area contributed by atoms with Gasteiger partial charge in [-0.1, -0.05) is 30.3 Å². The molecule has 0 radical (unpaired) electrons. The van der Waals surface area contributed by atoms with Gasteiger partial charge >= 0.3 is 5.69 Å². The quantitative estimate of drug-likeness (QED) is 0.273. The lowest BCUT2D eigenvalue weighted by molar-refractivity contribution is 0.319. The number of ether oxygens (including phenoxy) is 1. The Kier molecular flexibility index (Phi) is 6.48. The number of aromatic amines is 1. The molecule has 174 valence electrons. The second kappa shape index (κ2) is 9.65. The van der Waals surface area contributed by atoms with E-state index in [2.05, 4.69) is 20.1 Å². The van der Waals surface area contributed by atoms with Gasteiger partial charge in [-0.3, -0.25) is 10.4 Å². The van der Waals surface area contributed by atoms with Crippen LogP contribution >= 0.6 is 0 Å². The van der Waals surface area contributed by atoms with Crippen LogP contribution in [0.25, 0.3) is 5.95 Å². The van der Waals surface area contributed by atoms with Gasteiger partial charge in [-0.25, -0.2) is 19.2 Å². The van der Waals surface area contributed by atoms with Gasteiger partial charge in [-0.15, -0.1) is 9.78 Å². The molecule has 9 nitrogen and oxygen atoms in total. The van der Waals surface area contributed by atoms with Crippen LogP contribution in [0.1, 0.15) is 40.9 Å². The third-order valence-electron chi connectivity index (χ3n) is 5.30. The molecule has 34 heavy (non-hydrogen) atoms. The van der Waals surface area contributed by atoms with Crippen LogP contribution in [0, 0.1) is 18.2 Å². The van der Waals surface area contributed by atoms with Crippen molar-refractivity contribution in [3.05, 3.63) is 99.2 Å². The standard InChI is InChI=1S/C24H24FN7O2/c1-3-34-19-12-14(2)11-17(20(19)25)18(13-15-5-7-16(8-6-15)21(26)27)22-30-24(33)32(31-22)23-28-9-4-10-29-23/h4-12,18H,3,13H2,1-2H3,(H3,26,27)(H,30,31,33). The predicted molar refractivity (Wildman–Crippen MR) is 125 cm³/mol. The summed E-state index contributed by atoms with van der Waals surface area (Å²) in [5.41, 5.74) is 7.61. The van der Waals surface area contributed by atoms with Crippen molar-refractivity contribution in [1.82, 2.24) is 24.7 Å². The lowest BCUT2D eigenvalue weighted by Gasteiger charge is -2.19. The number of H-pyrrole nitrogens is 1. The Morgan fingerprint density at radius 1 is 1.24 bits per heavy atom. The molecular weight excluding hydrogens is 437 g/mol. The van der Waals surface area contributed by atoms with E-state index in [4.69, 9.17) is 15.9 Å². The van der Waals surface area contributed by atoms with Crippen LogP contribution < -0.4 is 16.2 Å². The third-order valence-corrected chi connectivity index (χ3v) is 5.30. The van der Waals surface area contributed by atoms with Crippen LogP contribution in [0.15, 0.2) is 59.7 Å². The molecule has 4 rings (SSSR count). The lowest BCUT2D eigenvalue weighted by Crippen LogP contribution is -2.18. The number of aryl methyl sites for hydroxylation is 1. The molecule has 0 bridgehead atoms. The zero-order valence-electron chi connectivity index (χ0n) is 18.7. The monoisotopic (exact) mass is 461 g/mol. The van der Waals surface area contributed by atoms with Gasteiger partial charge in [-0.2, -0.15) is 0 Å². The van der Waals surface area contributed by atoms with E-state index in [-0.39, 0.29) is 23.4 Å². The van der Waals surface area contributed by atoms with Gasteiger partial charge < -0.3 is 10.5 Å². The van der Waals surface area contributed by atoms with Crippen molar-refractivity contribution in [3.8, 4) is 11.7 Å². The molecule has 0 aliphatic carbocycles. The van der Waals surface area contributed by atoms with E-state index in [9.17, 15) is 4.79 Å². The SMILES string of the molecule is CCOc1cc(C)cc(C(Cc2ccc(C(=N)N)cc2)c2nn(-c3ncccn3)c(=O)[nH]2)c1F. The number of aromatic nitrogens is 5. The summed E-state index contributed by atoms with van der Waals surface area (Å²) in [5.74, 6) is -0.675. The maximum atomic E-state index is 15.6. The summed E-state index contributed by atoms with van der Waals surface area (Å²) < 4.78 is 22.1. The Hall–Kier alpha value is -4.34. The van der Waals surface area contributed by atoms with E-state index in [1.165, 1.54) is 12.4 Å². The van der Waals surface area contributed by atoms with Crippen LogP contribution in [-0.2, 0) is 6.42 Å². The summed E-state index contributed by atoms with van der Waals surface area (Å²) >= 11 is 0. The fourth-order valence-corrected chi connectivity index (χ4v) is 3.72. The van der Waals surface area contributed by atoms with Crippen LogP contribution in [0.4, 0.5) is 4.39 Å². The third kappa shape index (κ3) is 4.70. The number of hydrogen-bond donors (Lipinski definition) is 3. The zero-order chi connectivity index (χ0) is 24.2. The van der Waals surface area contributed by atoms with Crippen molar-refractivity contribution in [2.45, 2.75) is 26.2 Å². The van der Waals surface area contributed by atoms with Gasteiger partial charge in [0.25, 0.3) is 5.95 Å². The molecule has 2 aromatic heterocycles. The van der Waals surface area contributed by atoms with Crippen LogP contribution in [0.5, 0.6) is 5.75 Å². The number of nitrogens with two attached hydrogens (primary N) is 1. The van der Waals surface area contributed by atoms with E-state index in [1.807, 2.05) is 19.1 Å². The smallest absolute Gasteiger partial charge is 0.350 e. The maximum Gasteiger partial charge on any atom is 0.350 e. The highest BCUT2D eigenvalue weighted by atomic mass is 19.1. The maximum absolute atomic E-state index is 15.6. The van der Waals surface area contributed by atoms with E-state index < -0.39 is 17.4 Å². The summed E-state index contributed by atoms with van der Waals surface area (Å²) in [6, 6.07) is 12.1. The molecule has 2 heterocycles. The normalized spacial score (nSPS) is 11.9. The highest BCUT2D eigenvalue weighted by Gasteiger charge is 2.26. The average molecular weight is 462 g/mol. The molecular formula is C24H24FN7O2. The number of rotatable bonds is 8. The summed E-state index contributed by atoms with van der Waals surface area (Å²) in [6.07, 6.45) is 3.34. The lowest BCUT2D eigenvalue weighted by atomic mass is 9.89. The Bertz CT molecular complexity index is 1360. The molecule has 0 amide bonds. The molecule has 1 unspecified atom stereocenters. The van der Waals surface area contributed by atoms with Crippen molar-refractivity contribution < 1.29 is 9.13 Å². The number of nitrogens with zero attached hydrogens (tertiary/aromatic N) is 4. The van der Waals surface area contributed by atoms with Gasteiger partial charge in [0.05, 0.1) is 12.5 Å². The van der Waals surface area contributed by atoms with Crippen molar-refractivity contribution in [2.24, 2.45) is 5.73 Å². The van der Waals surface area contributed by atoms with Gasteiger partial charge in [0, 0.05) is 23.5 Å². The van der Waals surface area contributed by atoms with Crippen LogP contribution in [0.3, 0.4) is 0 Å². The molecule has 0 aliphatic heterocycles. The number of hydrogen-bond acceptors (Lipinski definition) is 6. The molecule has 0 saturated carbocycles. The first-order valence-electron chi connectivity index (χ1n) is 10.7. The molecule has 0 spiro atoms. The van der Waals surface area contributed by atoms with Crippen molar-refractivity contribution >= 4 is 5.84 Å². The van der Waals surface area contributed by atoms with Crippen LogP contribution in [-0.4, -0.2) is 37.2 Å². The number of amidine groups is 1. The summed E-state index contributed by atoms with van der Waals surface area (Å²) in [4.78, 5) is 23.6. The first-order chi connectivity index (χ1) is 16.4. The van der Waals surface area contributed by atoms with E-state index >= 15 is 4.39 Å². The van der Waals surface area contributed by atoms with Gasteiger partial charge in [-0.05, 0) is 43.5 Å². The minimum absolute atomic E-state index is 0.0416. The fourth-order valence-electron chi connectivity index (χ4n) is 3.72. The first kappa shape index (κ1) is 22.8. The Labute approximate surface area is 195 Å². The predicted octanol–water partition coefficient (Wildman–Crippen LogP) is 2.86. The Morgan fingerprint density at radius 3 is 2.59 bits per heavy atom. The molecule has 4 N–H and O–H groups in total. The van der Waals surface area contributed by atoms with Crippen molar-refractivity contribution in [1.29, 1.82) is 5.41 Å². The largest absolute Gasteiger partial charge is 0.491 e. The Morgan fingerprint density at radius 2 is 1.94 bits per heavy atom. The molecule has 2 aromatic carbocycles. The summed E-state index contributed by atoms with van der Waals surface area (Å²) in [5, 5.41) is 12.0. The highest BCUT2D eigenvalue weighted by molar-refractivity contribution is 5.94. The topological polar surface area (TPSA) is 136 Å². The summed E-state index contributed by atoms with van der Waals surface area (Å²) in [6.45, 7) is 3.95. The highest BCUT2D eigenvalue weighted by Crippen LogP contribution is 2.33. The molecule has 0 aliphatic rings. The second-order valence-corrected chi connectivity index (χ2v) is 7.74. The van der Waals surface area contributed by atoms with Crippen molar-refractivity contribution in [3.63, 3.8) is 0 Å². The molecule has 1 atom stereocenters. The zero-order valence-corrected chi connectivity index (χ0v) is 18.7. The minimum atomic E-state index is -0.639. The first-order valence-corrected chi connectivity index (χ1v) is 10.7. The molecule has 4 aromatic rings. The van der Waals surface area contributed by atoms with E-state index in [1.54, 1.807) is 37.3 Å². The van der Waals surface area contributed by atoms with Gasteiger partial charge in [0.15, 0.2) is 11.6 Å². The summed E-state index contributed by atoms with van der Waals surface area (Å²) in [7, 11) is 0. The van der Waals surface area contributed by atoms with Crippen LogP contribution in [0.2, 0.25) is 0 Å². The average Bonchev–Trinajstić information content (AvgIpc) is 3.22. The molecule has 10 heteroatoms. The molecule has 0 fully saturated rings. The van der Waals surface area contributed by atoms with Crippen molar-refractivity contribution in [2.75, 3.05) is 6.61 Å².